The van der Waals surface area contributed by atoms with Crippen molar-refractivity contribution in [2.45, 2.75) is 26.7 Å². The zero-order valence-corrected chi connectivity index (χ0v) is 17.3. The summed E-state index contributed by atoms with van der Waals surface area (Å²) in [6.45, 7) is 7.81. The normalized spacial score (nSPS) is 19.7. The molecule has 2 fully saturated rings. The van der Waals surface area contributed by atoms with Gasteiger partial charge in [0.05, 0.1) is 5.92 Å². The first-order chi connectivity index (χ1) is 14.1. The van der Waals surface area contributed by atoms with E-state index in [4.69, 9.17) is 0 Å². The molecule has 0 aromatic heterocycles. The lowest BCUT2D eigenvalue weighted by molar-refractivity contribution is -0.136. The lowest BCUT2D eigenvalue weighted by Gasteiger charge is -2.37. The average molecular weight is 392 g/mol. The van der Waals surface area contributed by atoms with Gasteiger partial charge in [0, 0.05) is 50.5 Å². The van der Waals surface area contributed by atoms with Gasteiger partial charge in [-0.3, -0.25) is 9.59 Å². The van der Waals surface area contributed by atoms with Crippen molar-refractivity contribution in [1.82, 2.24) is 4.90 Å². The number of rotatable bonds is 4. The maximum absolute atomic E-state index is 13.1. The molecule has 2 heterocycles. The standard InChI is InChI=1S/C24H29N3O2/c1-3-19-8-10-21(11-9-19)27-17-20(16-23(27)28)24(29)26-14-12-25(13-15-26)22-7-5-4-6-18(22)2/h4-11,20H,3,12-17H2,1-2H3/t20-/m0/s1. The summed E-state index contributed by atoms with van der Waals surface area (Å²) >= 11 is 0. The summed E-state index contributed by atoms with van der Waals surface area (Å²) in [6.07, 6.45) is 1.29. The van der Waals surface area contributed by atoms with Crippen molar-refractivity contribution in [2.24, 2.45) is 5.92 Å². The lowest BCUT2D eigenvalue weighted by atomic mass is 10.1. The van der Waals surface area contributed by atoms with E-state index >= 15 is 0 Å². The highest BCUT2D eigenvalue weighted by atomic mass is 16.2. The van der Waals surface area contributed by atoms with Crippen LogP contribution in [0.3, 0.4) is 0 Å². The Labute approximate surface area is 172 Å². The Balaban J connectivity index is 1.37. The summed E-state index contributed by atoms with van der Waals surface area (Å²) in [7, 11) is 0. The molecular formula is C24H29N3O2. The molecule has 0 radical (unpaired) electrons. The third-order valence-electron chi connectivity index (χ3n) is 6.18. The van der Waals surface area contributed by atoms with Gasteiger partial charge in [0.25, 0.3) is 0 Å². The number of hydrogen-bond donors (Lipinski definition) is 0. The molecule has 5 heteroatoms. The van der Waals surface area contributed by atoms with Gasteiger partial charge in [-0.15, -0.1) is 0 Å². The van der Waals surface area contributed by atoms with Crippen molar-refractivity contribution in [3.8, 4) is 0 Å². The van der Waals surface area contributed by atoms with Crippen LogP contribution in [-0.4, -0.2) is 49.4 Å². The molecule has 2 amide bonds. The Kier molecular flexibility index (Phi) is 5.56. The van der Waals surface area contributed by atoms with E-state index in [1.807, 2.05) is 17.0 Å². The summed E-state index contributed by atoms with van der Waals surface area (Å²) in [4.78, 5) is 31.7. The van der Waals surface area contributed by atoms with E-state index in [-0.39, 0.29) is 17.7 Å². The first-order valence-electron chi connectivity index (χ1n) is 10.6. The molecule has 2 aliphatic heterocycles. The summed E-state index contributed by atoms with van der Waals surface area (Å²) in [6, 6.07) is 16.5. The molecule has 152 valence electrons. The van der Waals surface area contributed by atoms with Crippen molar-refractivity contribution < 1.29 is 9.59 Å². The maximum atomic E-state index is 13.1. The number of amides is 2. The number of nitrogens with zero attached hydrogens (tertiary/aromatic N) is 3. The minimum atomic E-state index is -0.238. The fourth-order valence-corrected chi connectivity index (χ4v) is 4.38. The molecule has 0 N–H and O–H groups in total. The molecule has 2 aromatic rings. The highest BCUT2D eigenvalue weighted by Gasteiger charge is 2.38. The van der Waals surface area contributed by atoms with Gasteiger partial charge >= 0.3 is 0 Å². The second-order valence-electron chi connectivity index (χ2n) is 8.02. The Morgan fingerprint density at radius 2 is 1.69 bits per heavy atom. The molecule has 2 saturated heterocycles. The van der Waals surface area contributed by atoms with Gasteiger partial charge in [0.2, 0.25) is 11.8 Å². The van der Waals surface area contributed by atoms with Crippen LogP contribution in [0.2, 0.25) is 0 Å². The van der Waals surface area contributed by atoms with Gasteiger partial charge in [0.15, 0.2) is 0 Å². The van der Waals surface area contributed by atoms with E-state index < -0.39 is 0 Å². The Morgan fingerprint density at radius 1 is 1.00 bits per heavy atom. The van der Waals surface area contributed by atoms with E-state index in [2.05, 4.69) is 55.1 Å². The molecule has 29 heavy (non-hydrogen) atoms. The largest absolute Gasteiger partial charge is 0.368 e. The molecule has 4 rings (SSSR count). The minimum Gasteiger partial charge on any atom is -0.368 e. The van der Waals surface area contributed by atoms with Crippen LogP contribution >= 0.6 is 0 Å². The lowest BCUT2D eigenvalue weighted by Crippen LogP contribution is -2.50. The first-order valence-corrected chi connectivity index (χ1v) is 10.6. The van der Waals surface area contributed by atoms with Crippen LogP contribution < -0.4 is 9.80 Å². The third-order valence-corrected chi connectivity index (χ3v) is 6.18. The quantitative estimate of drug-likeness (QED) is 0.804. The molecule has 5 nitrogen and oxygen atoms in total. The van der Waals surface area contributed by atoms with Crippen LogP contribution in [0.1, 0.15) is 24.5 Å². The molecule has 0 aliphatic carbocycles. The number of benzene rings is 2. The molecule has 0 spiro atoms. The third kappa shape index (κ3) is 4.00. The van der Waals surface area contributed by atoms with Crippen LogP contribution in [0, 0.1) is 12.8 Å². The number of piperazine rings is 1. The second-order valence-corrected chi connectivity index (χ2v) is 8.02. The number of aryl methyl sites for hydroxylation is 2. The van der Waals surface area contributed by atoms with E-state index in [1.54, 1.807) is 4.90 Å². The van der Waals surface area contributed by atoms with Gasteiger partial charge in [-0.2, -0.15) is 0 Å². The fraction of sp³-hybridized carbons (Fsp3) is 0.417. The Morgan fingerprint density at radius 3 is 2.34 bits per heavy atom. The molecular weight excluding hydrogens is 362 g/mol. The number of anilines is 2. The van der Waals surface area contributed by atoms with Gasteiger partial charge < -0.3 is 14.7 Å². The van der Waals surface area contributed by atoms with E-state index in [9.17, 15) is 9.59 Å². The van der Waals surface area contributed by atoms with Gasteiger partial charge in [-0.1, -0.05) is 37.3 Å². The van der Waals surface area contributed by atoms with Gasteiger partial charge in [-0.05, 0) is 42.7 Å². The van der Waals surface area contributed by atoms with Crippen molar-refractivity contribution >= 4 is 23.2 Å². The minimum absolute atomic E-state index is 0.0474. The van der Waals surface area contributed by atoms with Crippen LogP contribution in [-0.2, 0) is 16.0 Å². The second kappa shape index (κ2) is 8.27. The van der Waals surface area contributed by atoms with Crippen LogP contribution in [0.25, 0.3) is 0 Å². The molecule has 0 bridgehead atoms. The van der Waals surface area contributed by atoms with Crippen molar-refractivity contribution in [1.29, 1.82) is 0 Å². The average Bonchev–Trinajstić information content (AvgIpc) is 3.15. The topological polar surface area (TPSA) is 43.9 Å². The summed E-state index contributed by atoms with van der Waals surface area (Å²) in [5.74, 6) is -0.0695. The fourth-order valence-electron chi connectivity index (χ4n) is 4.38. The van der Waals surface area contributed by atoms with Crippen LogP contribution in [0.4, 0.5) is 11.4 Å². The zero-order valence-electron chi connectivity index (χ0n) is 17.3. The zero-order chi connectivity index (χ0) is 20.4. The first kappa shape index (κ1) is 19.5. The van der Waals surface area contributed by atoms with E-state index in [1.165, 1.54) is 16.8 Å². The predicted octanol–water partition coefficient (Wildman–Crippen LogP) is 3.26. The van der Waals surface area contributed by atoms with E-state index in [0.717, 1.165) is 25.2 Å². The number of carbonyl (C=O) groups is 2. The SMILES string of the molecule is CCc1ccc(N2C[C@@H](C(=O)N3CCN(c4ccccc4C)CC3)CC2=O)cc1. The maximum Gasteiger partial charge on any atom is 0.228 e. The predicted molar refractivity (Wildman–Crippen MR) is 116 cm³/mol. The van der Waals surface area contributed by atoms with Crippen LogP contribution in [0.15, 0.2) is 48.5 Å². The number of carbonyl (C=O) groups excluding carboxylic acids is 2. The summed E-state index contributed by atoms with van der Waals surface area (Å²) in [5.41, 5.74) is 4.65. The van der Waals surface area contributed by atoms with Gasteiger partial charge in [0.1, 0.15) is 0 Å². The smallest absolute Gasteiger partial charge is 0.228 e. The van der Waals surface area contributed by atoms with E-state index in [0.29, 0.717) is 26.1 Å². The highest BCUT2D eigenvalue weighted by Crippen LogP contribution is 2.28. The molecule has 1 atom stereocenters. The van der Waals surface area contributed by atoms with Crippen molar-refractivity contribution in [3.63, 3.8) is 0 Å². The summed E-state index contributed by atoms with van der Waals surface area (Å²) in [5, 5.41) is 0. The van der Waals surface area contributed by atoms with Crippen molar-refractivity contribution in [3.05, 3.63) is 59.7 Å². The molecule has 0 unspecified atom stereocenters. The monoisotopic (exact) mass is 391 g/mol. The van der Waals surface area contributed by atoms with Gasteiger partial charge in [-0.25, -0.2) is 0 Å². The number of para-hydroxylation sites is 1. The molecule has 2 aromatic carbocycles. The highest BCUT2D eigenvalue weighted by molar-refractivity contribution is 6.00. The molecule has 2 aliphatic rings. The van der Waals surface area contributed by atoms with Crippen molar-refractivity contribution in [2.75, 3.05) is 42.5 Å². The number of hydrogen-bond acceptors (Lipinski definition) is 3. The van der Waals surface area contributed by atoms with Crippen LogP contribution in [0.5, 0.6) is 0 Å². The summed E-state index contributed by atoms with van der Waals surface area (Å²) < 4.78 is 0. The molecule has 0 saturated carbocycles. The Hall–Kier alpha value is -2.82. The Bertz CT molecular complexity index is 885.